The Bertz CT molecular complexity index is 383. The Morgan fingerprint density at radius 3 is 3.27 bits per heavy atom. The molecule has 1 atom stereocenters. The van der Waals surface area contributed by atoms with Crippen LogP contribution in [0.4, 0.5) is 0 Å². The average Bonchev–Trinajstić information content (AvgIpc) is 2.29. The fraction of sp³-hybridized carbons (Fsp3) is 0.455. The van der Waals surface area contributed by atoms with Crippen molar-refractivity contribution in [2.75, 3.05) is 19.9 Å². The zero-order valence-electron chi connectivity index (χ0n) is 8.28. The monoisotopic (exact) mass is 269 g/mol. The third-order valence-corrected chi connectivity index (χ3v) is 3.31. The van der Waals surface area contributed by atoms with E-state index in [1.807, 2.05) is 12.1 Å². The first-order valence-electron chi connectivity index (χ1n) is 5.12. The molecule has 0 aromatic heterocycles. The van der Waals surface area contributed by atoms with E-state index in [1.54, 1.807) is 0 Å². The lowest BCUT2D eigenvalue weighted by molar-refractivity contribution is -0.135. The van der Waals surface area contributed by atoms with Gasteiger partial charge in [-0.15, -0.1) is 0 Å². The Morgan fingerprint density at radius 2 is 2.33 bits per heavy atom. The maximum atomic E-state index is 5.79. The van der Waals surface area contributed by atoms with Gasteiger partial charge >= 0.3 is 0 Å². The molecule has 15 heavy (non-hydrogen) atoms. The van der Waals surface area contributed by atoms with Gasteiger partial charge in [0.1, 0.15) is 18.7 Å². The molecule has 2 aliphatic rings. The van der Waals surface area contributed by atoms with Crippen LogP contribution < -0.4 is 4.74 Å². The van der Waals surface area contributed by atoms with Crippen LogP contribution in [0, 0.1) is 0 Å². The molecule has 3 nitrogen and oxygen atoms in total. The number of halogens is 1. The molecule has 0 aliphatic carbocycles. The number of hydrogen-bond donors (Lipinski definition) is 0. The molecule has 80 valence electrons. The fourth-order valence-corrected chi connectivity index (χ4v) is 2.48. The maximum Gasteiger partial charge on any atom is 0.144 e. The van der Waals surface area contributed by atoms with Crippen LogP contribution in [0.2, 0.25) is 0 Å². The topological polar surface area (TPSA) is 21.7 Å². The largest absolute Gasteiger partial charge is 0.478 e. The van der Waals surface area contributed by atoms with E-state index in [9.17, 15) is 0 Å². The molecule has 4 heteroatoms. The van der Waals surface area contributed by atoms with Crippen LogP contribution in [0.3, 0.4) is 0 Å². The summed E-state index contributed by atoms with van der Waals surface area (Å²) < 4.78 is 12.5. The Balaban J connectivity index is 2.01. The highest BCUT2D eigenvalue weighted by atomic mass is 79.9. The van der Waals surface area contributed by atoms with Crippen LogP contribution in [0.15, 0.2) is 22.7 Å². The predicted octanol–water partition coefficient (Wildman–Crippen LogP) is 2.52. The highest BCUT2D eigenvalue weighted by Gasteiger charge is 2.31. The van der Waals surface area contributed by atoms with Crippen molar-refractivity contribution in [1.82, 2.24) is 4.90 Å². The second kappa shape index (κ2) is 3.77. The Morgan fingerprint density at radius 1 is 1.40 bits per heavy atom. The van der Waals surface area contributed by atoms with Gasteiger partial charge in [-0.25, -0.2) is 4.90 Å². The third kappa shape index (κ3) is 1.67. The van der Waals surface area contributed by atoms with Crippen LogP contribution in [-0.2, 0) is 4.74 Å². The number of rotatable bonds is 0. The van der Waals surface area contributed by atoms with Gasteiger partial charge in [0.15, 0.2) is 0 Å². The van der Waals surface area contributed by atoms with E-state index < -0.39 is 0 Å². The lowest BCUT2D eigenvalue weighted by Gasteiger charge is -2.39. The van der Waals surface area contributed by atoms with Gasteiger partial charge in [0.2, 0.25) is 0 Å². The van der Waals surface area contributed by atoms with E-state index in [1.165, 1.54) is 0 Å². The summed E-state index contributed by atoms with van der Waals surface area (Å²) in [7, 11) is 0. The highest BCUT2D eigenvalue weighted by molar-refractivity contribution is 9.10. The summed E-state index contributed by atoms with van der Waals surface area (Å²) >= 11 is 3.48. The minimum atomic E-state index is 0.0833. The smallest absolute Gasteiger partial charge is 0.144 e. The number of hydrogen-bond acceptors (Lipinski definition) is 3. The van der Waals surface area contributed by atoms with Crippen LogP contribution in [0.25, 0.3) is 0 Å². The Kier molecular flexibility index (Phi) is 2.42. The number of ether oxygens (including phenoxy) is 2. The van der Waals surface area contributed by atoms with Crippen molar-refractivity contribution < 1.29 is 9.47 Å². The van der Waals surface area contributed by atoms with Crippen molar-refractivity contribution in [2.24, 2.45) is 0 Å². The second-order valence-corrected chi connectivity index (χ2v) is 4.76. The molecule has 0 N–H and O–H groups in total. The quantitative estimate of drug-likeness (QED) is 0.723. The van der Waals surface area contributed by atoms with Crippen LogP contribution in [-0.4, -0.2) is 24.8 Å². The molecule has 0 radical (unpaired) electrons. The molecule has 1 aromatic carbocycles. The van der Waals surface area contributed by atoms with Gasteiger partial charge in [-0.05, 0) is 24.6 Å². The molecule has 0 spiro atoms. The molecule has 0 saturated carbocycles. The van der Waals surface area contributed by atoms with Gasteiger partial charge in [-0.1, -0.05) is 15.9 Å². The van der Waals surface area contributed by atoms with Crippen molar-refractivity contribution in [3.8, 4) is 5.75 Å². The van der Waals surface area contributed by atoms with E-state index >= 15 is 0 Å². The first-order valence-corrected chi connectivity index (χ1v) is 5.92. The lowest BCUT2D eigenvalue weighted by Crippen LogP contribution is -2.42. The summed E-state index contributed by atoms with van der Waals surface area (Å²) in [6, 6.07) is 6.07. The van der Waals surface area contributed by atoms with Crippen molar-refractivity contribution in [3.63, 3.8) is 0 Å². The third-order valence-electron chi connectivity index (χ3n) is 2.82. The van der Waals surface area contributed by atoms with E-state index in [2.05, 4.69) is 26.9 Å². The second-order valence-electron chi connectivity index (χ2n) is 3.84. The van der Waals surface area contributed by atoms with Gasteiger partial charge < -0.3 is 9.47 Å². The Labute approximate surface area is 97.1 Å². The number of benzene rings is 1. The SMILES string of the molecule is Brc1ccc2c(c1)C1OCCCN1CO2. The summed E-state index contributed by atoms with van der Waals surface area (Å²) in [5.74, 6) is 0.946. The fourth-order valence-electron chi connectivity index (χ4n) is 2.10. The van der Waals surface area contributed by atoms with E-state index in [0.29, 0.717) is 6.73 Å². The molecule has 2 aliphatic heterocycles. The van der Waals surface area contributed by atoms with Crippen LogP contribution >= 0.6 is 15.9 Å². The highest BCUT2D eigenvalue weighted by Crippen LogP contribution is 2.37. The molecule has 2 heterocycles. The van der Waals surface area contributed by atoms with E-state index in [-0.39, 0.29) is 6.23 Å². The van der Waals surface area contributed by atoms with Gasteiger partial charge in [0, 0.05) is 16.6 Å². The predicted molar refractivity (Wildman–Crippen MR) is 59.7 cm³/mol. The van der Waals surface area contributed by atoms with Gasteiger partial charge in [-0.3, -0.25) is 0 Å². The first-order chi connectivity index (χ1) is 7.34. The van der Waals surface area contributed by atoms with Crippen molar-refractivity contribution in [2.45, 2.75) is 12.6 Å². The summed E-state index contributed by atoms with van der Waals surface area (Å²) in [5, 5.41) is 0. The number of fused-ring (bicyclic) bond motifs is 3. The molecule has 3 rings (SSSR count). The first kappa shape index (κ1) is 9.63. The molecule has 1 aromatic rings. The van der Waals surface area contributed by atoms with Crippen molar-refractivity contribution >= 4 is 15.9 Å². The van der Waals surface area contributed by atoms with Crippen LogP contribution in [0.1, 0.15) is 18.2 Å². The zero-order valence-corrected chi connectivity index (χ0v) is 9.87. The summed E-state index contributed by atoms with van der Waals surface area (Å²) in [6.45, 7) is 2.53. The normalized spacial score (nSPS) is 25.3. The Hall–Kier alpha value is -0.580. The zero-order chi connectivity index (χ0) is 10.3. The van der Waals surface area contributed by atoms with Crippen LogP contribution in [0.5, 0.6) is 5.75 Å². The van der Waals surface area contributed by atoms with Gasteiger partial charge in [-0.2, -0.15) is 0 Å². The average molecular weight is 270 g/mol. The molecular formula is C11H12BrNO2. The number of nitrogens with zero attached hydrogens (tertiary/aromatic N) is 1. The maximum absolute atomic E-state index is 5.79. The minimum absolute atomic E-state index is 0.0833. The van der Waals surface area contributed by atoms with E-state index in [4.69, 9.17) is 9.47 Å². The molecule has 1 saturated heterocycles. The summed E-state index contributed by atoms with van der Waals surface area (Å²) in [5.41, 5.74) is 1.13. The minimum Gasteiger partial charge on any atom is -0.478 e. The molecule has 0 bridgehead atoms. The molecule has 1 unspecified atom stereocenters. The van der Waals surface area contributed by atoms with Crippen molar-refractivity contribution in [1.29, 1.82) is 0 Å². The van der Waals surface area contributed by atoms with Gasteiger partial charge in [0.05, 0.1) is 6.61 Å². The van der Waals surface area contributed by atoms with Gasteiger partial charge in [0.25, 0.3) is 0 Å². The lowest BCUT2D eigenvalue weighted by atomic mass is 10.1. The van der Waals surface area contributed by atoms with Crippen molar-refractivity contribution in [3.05, 3.63) is 28.2 Å². The molecule has 1 fully saturated rings. The molecular weight excluding hydrogens is 258 g/mol. The summed E-state index contributed by atoms with van der Waals surface area (Å²) in [4.78, 5) is 2.22. The molecule has 0 amide bonds. The van der Waals surface area contributed by atoms with E-state index in [0.717, 1.165) is 35.4 Å². The summed E-state index contributed by atoms with van der Waals surface area (Å²) in [6.07, 6.45) is 1.17. The standard InChI is InChI=1S/C11H12BrNO2/c12-8-2-3-10-9(6-8)11-13(7-15-10)4-1-5-14-11/h2-3,6,11H,1,4-5,7H2.